The van der Waals surface area contributed by atoms with Crippen LogP contribution < -0.4 is 15.2 Å². The van der Waals surface area contributed by atoms with Crippen molar-refractivity contribution in [3.8, 4) is 11.5 Å². The fourth-order valence-corrected chi connectivity index (χ4v) is 1.38. The van der Waals surface area contributed by atoms with E-state index in [1.54, 1.807) is 0 Å². The topological polar surface area (TPSA) is 44.5 Å². The minimum atomic E-state index is -2.83. The quantitative estimate of drug-likeness (QED) is 0.869. The van der Waals surface area contributed by atoms with E-state index < -0.39 is 18.3 Å². The molecule has 1 atom stereocenters. The van der Waals surface area contributed by atoms with Crippen molar-refractivity contribution < 1.29 is 22.6 Å². The summed E-state index contributed by atoms with van der Waals surface area (Å²) in [4.78, 5) is 0. The number of alkyl halides is 2. The molecule has 0 radical (unpaired) electrons. The molecule has 0 aliphatic carbocycles. The lowest BCUT2D eigenvalue weighted by atomic mass is 10.1. The predicted molar refractivity (Wildman–Crippen MR) is 52.4 cm³/mol. The van der Waals surface area contributed by atoms with Crippen LogP contribution in [0.25, 0.3) is 0 Å². The van der Waals surface area contributed by atoms with Crippen molar-refractivity contribution in [1.82, 2.24) is 0 Å². The van der Waals surface area contributed by atoms with Crippen molar-refractivity contribution >= 4 is 0 Å². The van der Waals surface area contributed by atoms with E-state index in [1.165, 1.54) is 20.3 Å². The molecule has 1 aromatic rings. The molecule has 0 saturated carbocycles. The van der Waals surface area contributed by atoms with E-state index in [4.69, 9.17) is 15.2 Å². The standard InChI is InChI=1S/C10H12F3NO2/c1-15-6-4-3-5(11)9(16-2)7(6)8(14)10(12)13/h3-4,8,10H,14H2,1-2H3. The van der Waals surface area contributed by atoms with Crippen LogP contribution in [0.2, 0.25) is 0 Å². The SMILES string of the molecule is COc1ccc(F)c(OC)c1C(N)C(F)F. The Labute approximate surface area is 91.0 Å². The molecule has 0 aliphatic heterocycles. The lowest BCUT2D eigenvalue weighted by Gasteiger charge is -2.18. The van der Waals surface area contributed by atoms with Gasteiger partial charge in [0.05, 0.1) is 25.8 Å². The fourth-order valence-electron chi connectivity index (χ4n) is 1.38. The number of nitrogens with two attached hydrogens (primary N) is 1. The first-order chi connectivity index (χ1) is 7.52. The second-order valence-electron chi connectivity index (χ2n) is 3.06. The molecule has 0 bridgehead atoms. The highest BCUT2D eigenvalue weighted by molar-refractivity contribution is 5.48. The van der Waals surface area contributed by atoms with Gasteiger partial charge in [-0.05, 0) is 12.1 Å². The maximum absolute atomic E-state index is 13.3. The van der Waals surface area contributed by atoms with Crippen molar-refractivity contribution in [2.45, 2.75) is 12.5 Å². The third-order valence-electron chi connectivity index (χ3n) is 2.14. The first-order valence-corrected chi connectivity index (χ1v) is 4.47. The smallest absolute Gasteiger partial charge is 0.257 e. The number of halogens is 3. The Balaban J connectivity index is 3.36. The zero-order chi connectivity index (χ0) is 12.3. The van der Waals surface area contributed by atoms with Gasteiger partial charge < -0.3 is 15.2 Å². The van der Waals surface area contributed by atoms with E-state index in [1.807, 2.05) is 0 Å². The number of benzene rings is 1. The van der Waals surface area contributed by atoms with Crippen LogP contribution in [0.15, 0.2) is 12.1 Å². The summed E-state index contributed by atoms with van der Waals surface area (Å²) in [5.74, 6) is -0.993. The summed E-state index contributed by atoms with van der Waals surface area (Å²) in [6.07, 6.45) is -2.83. The van der Waals surface area contributed by atoms with Gasteiger partial charge in [0.15, 0.2) is 11.6 Å². The molecule has 0 spiro atoms. The Morgan fingerprint density at radius 1 is 1.19 bits per heavy atom. The summed E-state index contributed by atoms with van der Waals surface area (Å²) >= 11 is 0. The zero-order valence-electron chi connectivity index (χ0n) is 8.84. The van der Waals surface area contributed by atoms with Crippen molar-refractivity contribution in [3.63, 3.8) is 0 Å². The summed E-state index contributed by atoms with van der Waals surface area (Å²) in [6, 6.07) is 0.648. The van der Waals surface area contributed by atoms with Crippen LogP contribution in [0.4, 0.5) is 13.2 Å². The summed E-state index contributed by atoms with van der Waals surface area (Å²) in [6.45, 7) is 0. The van der Waals surface area contributed by atoms with E-state index in [9.17, 15) is 13.2 Å². The molecular formula is C10H12F3NO2. The van der Waals surface area contributed by atoms with Gasteiger partial charge in [0.1, 0.15) is 5.75 Å². The number of methoxy groups -OCH3 is 2. The van der Waals surface area contributed by atoms with E-state index in [-0.39, 0.29) is 17.1 Å². The first kappa shape index (κ1) is 12.6. The van der Waals surface area contributed by atoms with Crippen LogP contribution in [0.3, 0.4) is 0 Å². The zero-order valence-corrected chi connectivity index (χ0v) is 8.84. The minimum absolute atomic E-state index is 0.0750. The average molecular weight is 235 g/mol. The van der Waals surface area contributed by atoms with Crippen LogP contribution in [0, 0.1) is 5.82 Å². The summed E-state index contributed by atoms with van der Waals surface area (Å²) in [5.41, 5.74) is 5.12. The van der Waals surface area contributed by atoms with E-state index in [0.29, 0.717) is 0 Å². The largest absolute Gasteiger partial charge is 0.496 e. The van der Waals surface area contributed by atoms with Crippen molar-refractivity contribution in [1.29, 1.82) is 0 Å². The van der Waals surface area contributed by atoms with Crippen LogP contribution in [0.1, 0.15) is 11.6 Å². The molecule has 0 heterocycles. The lowest BCUT2D eigenvalue weighted by molar-refractivity contribution is 0.113. The Kier molecular flexibility index (Phi) is 4.00. The lowest BCUT2D eigenvalue weighted by Crippen LogP contribution is -2.21. The summed E-state index contributed by atoms with van der Waals surface area (Å²) in [7, 11) is 2.47. The monoisotopic (exact) mass is 235 g/mol. The van der Waals surface area contributed by atoms with Crippen LogP contribution in [0.5, 0.6) is 11.5 Å². The molecule has 0 fully saturated rings. The van der Waals surface area contributed by atoms with Crippen molar-refractivity contribution in [2.24, 2.45) is 5.73 Å². The van der Waals surface area contributed by atoms with Crippen LogP contribution in [-0.4, -0.2) is 20.6 Å². The highest BCUT2D eigenvalue weighted by Gasteiger charge is 2.27. The molecule has 0 amide bonds. The molecule has 2 N–H and O–H groups in total. The molecule has 0 saturated heterocycles. The third-order valence-corrected chi connectivity index (χ3v) is 2.14. The molecule has 1 rings (SSSR count). The second kappa shape index (κ2) is 5.07. The molecule has 1 aromatic carbocycles. The number of ether oxygens (including phenoxy) is 2. The number of hydrogen-bond acceptors (Lipinski definition) is 3. The average Bonchev–Trinajstić information content (AvgIpc) is 2.27. The Bertz CT molecular complexity index is 371. The van der Waals surface area contributed by atoms with Crippen molar-refractivity contribution in [3.05, 3.63) is 23.5 Å². The van der Waals surface area contributed by atoms with Gasteiger partial charge in [-0.1, -0.05) is 0 Å². The molecule has 0 aliphatic rings. The fraction of sp³-hybridized carbons (Fsp3) is 0.400. The van der Waals surface area contributed by atoms with Gasteiger partial charge in [-0.25, -0.2) is 13.2 Å². The van der Waals surface area contributed by atoms with Crippen LogP contribution >= 0.6 is 0 Å². The normalized spacial score (nSPS) is 12.7. The predicted octanol–water partition coefficient (Wildman–Crippen LogP) is 2.11. The van der Waals surface area contributed by atoms with Crippen LogP contribution in [-0.2, 0) is 0 Å². The summed E-state index contributed by atoms with van der Waals surface area (Å²) in [5, 5.41) is 0. The molecule has 0 aromatic heterocycles. The third kappa shape index (κ3) is 2.21. The maximum atomic E-state index is 13.3. The molecule has 90 valence electrons. The number of rotatable bonds is 4. The maximum Gasteiger partial charge on any atom is 0.257 e. The van der Waals surface area contributed by atoms with Gasteiger partial charge in [0, 0.05) is 0 Å². The van der Waals surface area contributed by atoms with Gasteiger partial charge in [0.25, 0.3) is 6.43 Å². The Hall–Kier alpha value is -1.43. The van der Waals surface area contributed by atoms with E-state index in [0.717, 1.165) is 6.07 Å². The van der Waals surface area contributed by atoms with Gasteiger partial charge in [-0.15, -0.1) is 0 Å². The Morgan fingerprint density at radius 3 is 2.25 bits per heavy atom. The molecule has 1 unspecified atom stereocenters. The molecule has 16 heavy (non-hydrogen) atoms. The molecular weight excluding hydrogens is 223 g/mol. The number of hydrogen-bond donors (Lipinski definition) is 1. The first-order valence-electron chi connectivity index (χ1n) is 4.47. The molecule has 6 heteroatoms. The Morgan fingerprint density at radius 2 is 1.81 bits per heavy atom. The highest BCUT2D eigenvalue weighted by Crippen LogP contribution is 2.37. The van der Waals surface area contributed by atoms with Gasteiger partial charge in [-0.2, -0.15) is 0 Å². The van der Waals surface area contributed by atoms with Gasteiger partial charge >= 0.3 is 0 Å². The highest BCUT2D eigenvalue weighted by atomic mass is 19.3. The van der Waals surface area contributed by atoms with E-state index in [2.05, 4.69) is 0 Å². The van der Waals surface area contributed by atoms with E-state index >= 15 is 0 Å². The minimum Gasteiger partial charge on any atom is -0.496 e. The van der Waals surface area contributed by atoms with Crippen molar-refractivity contribution in [2.75, 3.05) is 14.2 Å². The molecule has 3 nitrogen and oxygen atoms in total. The summed E-state index contributed by atoms with van der Waals surface area (Å²) < 4.78 is 47.9. The second-order valence-corrected chi connectivity index (χ2v) is 3.06. The van der Waals surface area contributed by atoms with Gasteiger partial charge in [0.2, 0.25) is 0 Å². The van der Waals surface area contributed by atoms with Gasteiger partial charge in [-0.3, -0.25) is 0 Å².